The average Bonchev–Trinajstić information content (AvgIpc) is 2.45. The van der Waals surface area contributed by atoms with Crippen molar-refractivity contribution in [1.29, 1.82) is 0 Å². The second-order valence-corrected chi connectivity index (χ2v) is 5.79. The molecular weight excluding hydrogens is 322 g/mol. The van der Waals surface area contributed by atoms with Crippen LogP contribution in [0.15, 0.2) is 16.6 Å². The van der Waals surface area contributed by atoms with Gasteiger partial charge in [0.1, 0.15) is 13.2 Å². The van der Waals surface area contributed by atoms with Gasteiger partial charge in [-0.3, -0.25) is 4.90 Å². The normalized spacial score (nSPS) is 13.8. The molecule has 2 rings (SSSR count). The van der Waals surface area contributed by atoms with Crippen molar-refractivity contribution in [3.05, 3.63) is 22.2 Å². The van der Waals surface area contributed by atoms with E-state index in [0.717, 1.165) is 41.9 Å². The Labute approximate surface area is 128 Å². The molecule has 0 saturated heterocycles. The molecule has 0 fully saturated rings. The summed E-state index contributed by atoms with van der Waals surface area (Å²) in [6.07, 6.45) is 2.30. The van der Waals surface area contributed by atoms with Crippen LogP contribution in [-0.2, 0) is 6.54 Å². The highest BCUT2D eigenvalue weighted by Crippen LogP contribution is 2.36. The third-order valence-corrected chi connectivity index (χ3v) is 4.09. The number of aliphatic hydroxyl groups excluding tert-OH is 1. The molecule has 20 heavy (non-hydrogen) atoms. The SMILES string of the molecule is CCCCN(CCO)Cc1cc2c(cc1Br)OCCO2. The van der Waals surface area contributed by atoms with Crippen LogP contribution in [0.4, 0.5) is 0 Å². The molecule has 0 amide bonds. The molecule has 5 heteroatoms. The average molecular weight is 344 g/mol. The molecule has 0 saturated carbocycles. The molecule has 0 spiro atoms. The topological polar surface area (TPSA) is 41.9 Å². The molecule has 0 radical (unpaired) electrons. The zero-order valence-corrected chi connectivity index (χ0v) is 13.5. The molecule has 1 heterocycles. The van der Waals surface area contributed by atoms with Crippen LogP contribution in [0.3, 0.4) is 0 Å². The first-order valence-corrected chi connectivity index (χ1v) is 7.95. The summed E-state index contributed by atoms with van der Waals surface area (Å²) in [6.45, 7) is 6.07. The van der Waals surface area contributed by atoms with Crippen LogP contribution >= 0.6 is 15.9 Å². The lowest BCUT2D eigenvalue weighted by Crippen LogP contribution is -2.28. The van der Waals surface area contributed by atoms with Crippen molar-refractivity contribution in [2.75, 3.05) is 32.9 Å². The lowest BCUT2D eigenvalue weighted by Gasteiger charge is -2.24. The van der Waals surface area contributed by atoms with E-state index >= 15 is 0 Å². The lowest BCUT2D eigenvalue weighted by molar-refractivity contribution is 0.169. The molecule has 1 aromatic carbocycles. The smallest absolute Gasteiger partial charge is 0.162 e. The summed E-state index contributed by atoms with van der Waals surface area (Å²) < 4.78 is 12.2. The van der Waals surface area contributed by atoms with Crippen LogP contribution in [-0.4, -0.2) is 42.9 Å². The molecule has 1 N–H and O–H groups in total. The van der Waals surface area contributed by atoms with Crippen molar-refractivity contribution >= 4 is 15.9 Å². The van der Waals surface area contributed by atoms with E-state index in [-0.39, 0.29) is 6.61 Å². The minimum absolute atomic E-state index is 0.186. The lowest BCUT2D eigenvalue weighted by atomic mass is 10.1. The monoisotopic (exact) mass is 343 g/mol. The van der Waals surface area contributed by atoms with E-state index in [4.69, 9.17) is 9.47 Å². The van der Waals surface area contributed by atoms with E-state index in [1.54, 1.807) is 0 Å². The molecule has 0 atom stereocenters. The Kier molecular flexibility index (Phi) is 6.13. The van der Waals surface area contributed by atoms with Gasteiger partial charge in [0.25, 0.3) is 0 Å². The molecule has 1 aliphatic rings. The maximum absolute atomic E-state index is 9.18. The Morgan fingerprint density at radius 1 is 1.20 bits per heavy atom. The van der Waals surface area contributed by atoms with E-state index in [9.17, 15) is 5.11 Å². The van der Waals surface area contributed by atoms with Gasteiger partial charge in [0.2, 0.25) is 0 Å². The highest BCUT2D eigenvalue weighted by atomic mass is 79.9. The van der Waals surface area contributed by atoms with Crippen molar-refractivity contribution < 1.29 is 14.6 Å². The molecule has 0 unspecified atom stereocenters. The number of aliphatic hydroxyl groups is 1. The number of hydrogen-bond acceptors (Lipinski definition) is 4. The summed E-state index contributed by atoms with van der Waals surface area (Å²) in [5, 5.41) is 9.18. The van der Waals surface area contributed by atoms with Crippen molar-refractivity contribution in [2.45, 2.75) is 26.3 Å². The van der Waals surface area contributed by atoms with Crippen LogP contribution in [0.25, 0.3) is 0 Å². The molecule has 1 aliphatic heterocycles. The predicted molar refractivity (Wildman–Crippen MR) is 82.4 cm³/mol. The van der Waals surface area contributed by atoms with E-state index in [2.05, 4.69) is 27.8 Å². The van der Waals surface area contributed by atoms with Gasteiger partial charge in [0.15, 0.2) is 11.5 Å². The highest BCUT2D eigenvalue weighted by molar-refractivity contribution is 9.10. The number of halogens is 1. The van der Waals surface area contributed by atoms with Gasteiger partial charge >= 0.3 is 0 Å². The Morgan fingerprint density at radius 3 is 2.55 bits per heavy atom. The van der Waals surface area contributed by atoms with E-state index in [1.807, 2.05) is 12.1 Å². The van der Waals surface area contributed by atoms with Gasteiger partial charge in [0, 0.05) is 17.6 Å². The zero-order valence-electron chi connectivity index (χ0n) is 11.9. The molecule has 4 nitrogen and oxygen atoms in total. The van der Waals surface area contributed by atoms with Crippen molar-refractivity contribution in [1.82, 2.24) is 4.90 Å². The fourth-order valence-electron chi connectivity index (χ4n) is 2.26. The molecule has 0 bridgehead atoms. The first kappa shape index (κ1) is 15.6. The van der Waals surface area contributed by atoms with Crippen LogP contribution in [0.5, 0.6) is 11.5 Å². The Morgan fingerprint density at radius 2 is 1.90 bits per heavy atom. The number of rotatable bonds is 7. The molecule has 0 aromatic heterocycles. The summed E-state index contributed by atoms with van der Waals surface area (Å²) in [6, 6.07) is 4.01. The summed E-state index contributed by atoms with van der Waals surface area (Å²) in [4.78, 5) is 2.26. The zero-order chi connectivity index (χ0) is 14.4. The van der Waals surface area contributed by atoms with Gasteiger partial charge in [-0.15, -0.1) is 0 Å². The van der Waals surface area contributed by atoms with E-state index < -0.39 is 0 Å². The standard InChI is InChI=1S/C15H22BrNO3/c1-2-3-4-17(5-6-18)11-12-9-14-15(10-13(12)16)20-8-7-19-14/h9-10,18H,2-8,11H2,1H3. The van der Waals surface area contributed by atoms with Crippen molar-refractivity contribution in [2.24, 2.45) is 0 Å². The Hall–Kier alpha value is -0.780. The van der Waals surface area contributed by atoms with Gasteiger partial charge in [-0.05, 0) is 30.7 Å². The van der Waals surface area contributed by atoms with Crippen LogP contribution < -0.4 is 9.47 Å². The number of ether oxygens (including phenoxy) is 2. The van der Waals surface area contributed by atoms with Crippen LogP contribution in [0.1, 0.15) is 25.3 Å². The van der Waals surface area contributed by atoms with Gasteiger partial charge in [-0.25, -0.2) is 0 Å². The quantitative estimate of drug-likeness (QED) is 0.826. The van der Waals surface area contributed by atoms with Gasteiger partial charge in [-0.1, -0.05) is 29.3 Å². The fourth-order valence-corrected chi connectivity index (χ4v) is 2.71. The highest BCUT2D eigenvalue weighted by Gasteiger charge is 2.16. The minimum atomic E-state index is 0.186. The second-order valence-electron chi connectivity index (χ2n) is 4.94. The first-order valence-electron chi connectivity index (χ1n) is 7.15. The van der Waals surface area contributed by atoms with E-state index in [0.29, 0.717) is 19.8 Å². The molecule has 1 aromatic rings. The number of unbranched alkanes of at least 4 members (excludes halogenated alkanes) is 1. The number of hydrogen-bond donors (Lipinski definition) is 1. The third kappa shape index (κ3) is 4.11. The summed E-state index contributed by atoms with van der Waals surface area (Å²) in [7, 11) is 0. The second kappa shape index (κ2) is 7.86. The third-order valence-electron chi connectivity index (χ3n) is 3.35. The predicted octanol–water partition coefficient (Wildman–Crippen LogP) is 2.81. The summed E-state index contributed by atoms with van der Waals surface area (Å²) in [5.41, 5.74) is 1.17. The maximum atomic E-state index is 9.18. The number of fused-ring (bicyclic) bond motifs is 1. The van der Waals surface area contributed by atoms with Gasteiger partial charge in [0.05, 0.1) is 6.61 Å². The first-order chi connectivity index (χ1) is 9.74. The molecule has 0 aliphatic carbocycles. The number of nitrogens with zero attached hydrogens (tertiary/aromatic N) is 1. The van der Waals surface area contributed by atoms with Gasteiger partial charge < -0.3 is 14.6 Å². The summed E-state index contributed by atoms with van der Waals surface area (Å²) in [5.74, 6) is 1.61. The van der Waals surface area contributed by atoms with Crippen molar-refractivity contribution in [3.8, 4) is 11.5 Å². The van der Waals surface area contributed by atoms with Crippen LogP contribution in [0.2, 0.25) is 0 Å². The maximum Gasteiger partial charge on any atom is 0.162 e. The summed E-state index contributed by atoms with van der Waals surface area (Å²) >= 11 is 3.60. The molecule has 112 valence electrons. The minimum Gasteiger partial charge on any atom is -0.486 e. The Balaban J connectivity index is 2.10. The Bertz CT molecular complexity index is 439. The number of benzene rings is 1. The van der Waals surface area contributed by atoms with Crippen LogP contribution in [0, 0.1) is 0 Å². The molecular formula is C15H22BrNO3. The van der Waals surface area contributed by atoms with Crippen molar-refractivity contribution in [3.63, 3.8) is 0 Å². The van der Waals surface area contributed by atoms with E-state index in [1.165, 1.54) is 5.56 Å². The fraction of sp³-hybridized carbons (Fsp3) is 0.600. The van der Waals surface area contributed by atoms with Gasteiger partial charge in [-0.2, -0.15) is 0 Å². The largest absolute Gasteiger partial charge is 0.486 e.